The highest BCUT2D eigenvalue weighted by Gasteiger charge is 2.16. The van der Waals surface area contributed by atoms with E-state index in [1.807, 2.05) is 45.3 Å². The molecule has 0 saturated heterocycles. The highest BCUT2D eigenvalue weighted by Crippen LogP contribution is 2.48. The molecule has 0 spiro atoms. The lowest BCUT2D eigenvalue weighted by atomic mass is 10.1. The maximum absolute atomic E-state index is 2.45. The molecule has 0 saturated carbocycles. The van der Waals surface area contributed by atoms with Crippen LogP contribution in [0.1, 0.15) is 30.9 Å². The maximum Gasteiger partial charge on any atom is 0.0542 e. The van der Waals surface area contributed by atoms with Crippen molar-refractivity contribution in [2.75, 3.05) is 0 Å². The van der Waals surface area contributed by atoms with Crippen LogP contribution in [0.5, 0.6) is 0 Å². The van der Waals surface area contributed by atoms with Crippen LogP contribution >= 0.6 is 45.3 Å². The predicted molar refractivity (Wildman–Crippen MR) is 164 cm³/mol. The van der Waals surface area contributed by atoms with Gasteiger partial charge in [-0.15, -0.1) is 45.3 Å². The minimum Gasteiger partial charge on any atom is -0.134 e. The highest BCUT2D eigenvalue weighted by atomic mass is 32.1. The van der Waals surface area contributed by atoms with Gasteiger partial charge in [-0.25, -0.2) is 0 Å². The number of thiophene rings is 4. The van der Waals surface area contributed by atoms with Crippen molar-refractivity contribution in [1.82, 2.24) is 0 Å². The van der Waals surface area contributed by atoms with E-state index in [4.69, 9.17) is 0 Å². The Labute approximate surface area is 219 Å². The van der Waals surface area contributed by atoms with Gasteiger partial charge in [-0.05, 0) is 78.1 Å². The first kappa shape index (κ1) is 20.7. The van der Waals surface area contributed by atoms with Gasteiger partial charge in [0.25, 0.3) is 0 Å². The molecule has 4 aromatic carbocycles. The van der Waals surface area contributed by atoms with Gasteiger partial charge in [0.2, 0.25) is 0 Å². The second-order valence-electron chi connectivity index (χ2n) is 9.70. The second kappa shape index (κ2) is 7.50. The summed E-state index contributed by atoms with van der Waals surface area (Å²) in [6.45, 7) is 4.46. The van der Waals surface area contributed by atoms with Crippen LogP contribution < -0.4 is 0 Å². The van der Waals surface area contributed by atoms with Crippen molar-refractivity contribution in [3.8, 4) is 0 Å². The minimum absolute atomic E-state index is 1.19. The lowest BCUT2D eigenvalue weighted by Crippen LogP contribution is -1.82. The van der Waals surface area contributed by atoms with E-state index in [1.54, 1.807) is 0 Å². The number of unbranched alkanes of at least 4 members (excludes halogenated alkanes) is 1. The van der Waals surface area contributed by atoms with Gasteiger partial charge in [-0.3, -0.25) is 0 Å². The van der Waals surface area contributed by atoms with Crippen LogP contribution in [0.4, 0.5) is 0 Å². The number of rotatable bonds is 3. The van der Waals surface area contributed by atoms with Crippen molar-refractivity contribution in [3.63, 3.8) is 0 Å². The standard InChI is InChI=1S/C31H22S4/c1-3-4-5-17-7-9-21-25(11-17)33-31-23-13-19-14-26-22(12-18(19)15-27(23)35-29(21)31)30-28(34-26)20-8-6-16(2)10-24(20)32-30/h6-15H,3-5H2,1-2H3. The lowest BCUT2D eigenvalue weighted by Gasteiger charge is -2.01. The third-order valence-electron chi connectivity index (χ3n) is 7.28. The highest BCUT2D eigenvalue weighted by molar-refractivity contribution is 7.37. The first-order valence-corrected chi connectivity index (χ1v) is 15.5. The van der Waals surface area contributed by atoms with Crippen LogP contribution in [0.15, 0.2) is 60.7 Å². The zero-order valence-corrected chi connectivity index (χ0v) is 22.8. The quantitative estimate of drug-likeness (QED) is 0.216. The predicted octanol–water partition coefficient (Wildman–Crippen LogP) is 11.7. The first-order valence-electron chi connectivity index (χ1n) is 12.2. The Hall–Kier alpha value is -2.50. The van der Waals surface area contributed by atoms with Gasteiger partial charge in [0.05, 0.1) is 18.8 Å². The molecule has 35 heavy (non-hydrogen) atoms. The number of hydrogen-bond acceptors (Lipinski definition) is 4. The fourth-order valence-electron chi connectivity index (χ4n) is 5.44. The van der Waals surface area contributed by atoms with Crippen molar-refractivity contribution >= 4 is 115 Å². The smallest absolute Gasteiger partial charge is 0.0542 e. The second-order valence-corrected chi connectivity index (χ2v) is 13.9. The van der Waals surface area contributed by atoms with Gasteiger partial charge < -0.3 is 0 Å². The average Bonchev–Trinajstić information content (AvgIpc) is 3.57. The van der Waals surface area contributed by atoms with E-state index in [-0.39, 0.29) is 0 Å². The van der Waals surface area contributed by atoms with Crippen LogP contribution in [-0.2, 0) is 6.42 Å². The zero-order chi connectivity index (χ0) is 23.3. The molecule has 4 heterocycles. The SMILES string of the molecule is CCCCc1ccc2c(c1)sc1c3cc4cc5sc6c7ccc(C)cc7sc6c5cc4cc3sc21. The molecule has 8 rings (SSSR count). The van der Waals surface area contributed by atoms with Gasteiger partial charge in [0.1, 0.15) is 0 Å². The Balaban J connectivity index is 1.36. The third kappa shape index (κ3) is 3.01. The summed E-state index contributed by atoms with van der Waals surface area (Å²) in [5.41, 5.74) is 2.82. The molecule has 0 fully saturated rings. The minimum atomic E-state index is 1.19. The molecular formula is C31H22S4. The molecule has 0 aliphatic heterocycles. The van der Waals surface area contributed by atoms with E-state index >= 15 is 0 Å². The van der Waals surface area contributed by atoms with Crippen LogP contribution in [-0.4, -0.2) is 0 Å². The molecule has 0 aliphatic carbocycles. The Morgan fingerprint density at radius 3 is 1.66 bits per heavy atom. The molecule has 0 atom stereocenters. The Morgan fingerprint density at radius 2 is 1.06 bits per heavy atom. The molecule has 4 aromatic heterocycles. The van der Waals surface area contributed by atoms with Crippen molar-refractivity contribution < 1.29 is 0 Å². The molecule has 0 bridgehead atoms. The van der Waals surface area contributed by atoms with Crippen molar-refractivity contribution in [1.29, 1.82) is 0 Å². The summed E-state index contributed by atoms with van der Waals surface area (Å²) in [5, 5.41) is 8.40. The van der Waals surface area contributed by atoms with Crippen LogP contribution in [0.25, 0.3) is 69.9 Å². The maximum atomic E-state index is 2.45. The van der Waals surface area contributed by atoms with Gasteiger partial charge in [0, 0.05) is 40.3 Å². The Morgan fingerprint density at radius 1 is 0.543 bits per heavy atom. The molecule has 0 radical (unpaired) electrons. The monoisotopic (exact) mass is 522 g/mol. The Kier molecular flexibility index (Phi) is 4.43. The fraction of sp³-hybridized carbons (Fsp3) is 0.161. The largest absolute Gasteiger partial charge is 0.134 e. The normalized spacial score (nSPS) is 12.6. The molecule has 0 aliphatic rings. The zero-order valence-electron chi connectivity index (χ0n) is 19.5. The fourth-order valence-corrected chi connectivity index (χ4v) is 11.0. The summed E-state index contributed by atoms with van der Waals surface area (Å²) >= 11 is 7.86. The molecule has 8 aromatic rings. The van der Waals surface area contributed by atoms with Gasteiger partial charge in [0.15, 0.2) is 0 Å². The van der Waals surface area contributed by atoms with Crippen LogP contribution in [0.2, 0.25) is 0 Å². The van der Waals surface area contributed by atoms with Crippen molar-refractivity contribution in [2.24, 2.45) is 0 Å². The molecule has 0 nitrogen and oxygen atoms in total. The summed E-state index contributed by atoms with van der Waals surface area (Å²) in [6, 6.07) is 23.8. The van der Waals surface area contributed by atoms with Crippen molar-refractivity contribution in [2.45, 2.75) is 33.1 Å². The molecule has 0 N–H and O–H groups in total. The van der Waals surface area contributed by atoms with Gasteiger partial charge >= 0.3 is 0 Å². The molecule has 0 unspecified atom stereocenters. The summed E-state index contributed by atoms with van der Waals surface area (Å²) in [4.78, 5) is 0. The summed E-state index contributed by atoms with van der Waals surface area (Å²) in [5.74, 6) is 0. The number of fused-ring (bicyclic) bond motifs is 11. The van der Waals surface area contributed by atoms with E-state index in [0.717, 1.165) is 0 Å². The van der Waals surface area contributed by atoms with E-state index in [2.05, 4.69) is 74.5 Å². The summed E-state index contributed by atoms with van der Waals surface area (Å²) < 4.78 is 11.5. The lowest BCUT2D eigenvalue weighted by molar-refractivity contribution is 0.796. The van der Waals surface area contributed by atoms with Crippen molar-refractivity contribution in [3.05, 3.63) is 71.8 Å². The average molecular weight is 523 g/mol. The van der Waals surface area contributed by atoms with Crippen LogP contribution in [0, 0.1) is 6.92 Å². The summed E-state index contributed by atoms with van der Waals surface area (Å²) in [6.07, 6.45) is 3.71. The van der Waals surface area contributed by atoms with Gasteiger partial charge in [-0.1, -0.05) is 37.6 Å². The topological polar surface area (TPSA) is 0 Å². The number of benzene rings is 4. The van der Waals surface area contributed by atoms with E-state index in [0.29, 0.717) is 0 Å². The molecule has 4 heteroatoms. The first-order chi connectivity index (χ1) is 17.2. The molecular weight excluding hydrogens is 501 g/mol. The van der Waals surface area contributed by atoms with E-state index < -0.39 is 0 Å². The van der Waals surface area contributed by atoms with Crippen LogP contribution in [0.3, 0.4) is 0 Å². The Bertz CT molecular complexity index is 2110. The molecule has 0 amide bonds. The molecule has 170 valence electrons. The van der Waals surface area contributed by atoms with Gasteiger partial charge in [-0.2, -0.15) is 0 Å². The number of aryl methyl sites for hydroxylation is 2. The number of hydrogen-bond donors (Lipinski definition) is 0. The van der Waals surface area contributed by atoms with E-state index in [1.165, 1.54) is 100 Å². The van der Waals surface area contributed by atoms with E-state index in [9.17, 15) is 0 Å². The summed E-state index contributed by atoms with van der Waals surface area (Å²) in [7, 11) is 0. The third-order valence-corrected chi connectivity index (χ3v) is 12.3.